The molecule has 0 bridgehead atoms. The van der Waals surface area contributed by atoms with Crippen LogP contribution in [0.5, 0.6) is 0 Å². The number of hydrogen-bond donors (Lipinski definition) is 3. The summed E-state index contributed by atoms with van der Waals surface area (Å²) in [4.78, 5) is 73.2. The van der Waals surface area contributed by atoms with E-state index in [4.69, 9.17) is 37.0 Å². The van der Waals surface area contributed by atoms with E-state index in [1.165, 1.54) is 77.0 Å². The van der Waals surface area contributed by atoms with Gasteiger partial charge in [0.1, 0.15) is 19.3 Å². The van der Waals surface area contributed by atoms with Crippen LogP contribution in [0.4, 0.5) is 0 Å². The van der Waals surface area contributed by atoms with E-state index in [0.717, 1.165) is 193 Å². The summed E-state index contributed by atoms with van der Waals surface area (Å²) in [6.45, 7) is 4.66. The molecule has 19 heteroatoms. The third-order valence-electron chi connectivity index (χ3n) is 17.6. The lowest BCUT2D eigenvalue weighted by atomic mass is 10.1. The minimum Gasteiger partial charge on any atom is -0.462 e. The van der Waals surface area contributed by atoms with Gasteiger partial charge in [-0.2, -0.15) is 0 Å². The van der Waals surface area contributed by atoms with Crippen molar-refractivity contribution < 1.29 is 80.2 Å². The molecule has 0 rings (SSSR count). The van der Waals surface area contributed by atoms with Crippen LogP contribution in [0.15, 0.2) is 134 Å². The first kappa shape index (κ1) is 103. The second kappa shape index (κ2) is 80.3. The third kappa shape index (κ3) is 79.3. The molecule has 0 radical (unpaired) electrons. The van der Waals surface area contributed by atoms with Crippen molar-refractivity contribution >= 4 is 39.5 Å². The Kier molecular flexibility index (Phi) is 76.7. The molecule has 0 aliphatic carbocycles. The highest BCUT2D eigenvalue weighted by atomic mass is 31.2. The number of phosphoric acid groups is 2. The summed E-state index contributed by atoms with van der Waals surface area (Å²) >= 11 is 0. The lowest BCUT2D eigenvalue weighted by Crippen LogP contribution is -2.30. The molecule has 0 spiro atoms. The van der Waals surface area contributed by atoms with Gasteiger partial charge in [0.05, 0.1) is 26.4 Å². The van der Waals surface area contributed by atoms with Gasteiger partial charge in [-0.3, -0.25) is 37.3 Å². The van der Waals surface area contributed by atoms with Crippen LogP contribution in [0.2, 0.25) is 0 Å². The summed E-state index contributed by atoms with van der Waals surface area (Å²) in [5, 5.41) is 10.7. The Labute approximate surface area is 656 Å². The third-order valence-corrected chi connectivity index (χ3v) is 19.5. The molecule has 108 heavy (non-hydrogen) atoms. The zero-order valence-corrected chi connectivity index (χ0v) is 69.8. The zero-order valence-electron chi connectivity index (χ0n) is 68.0. The predicted octanol–water partition coefficient (Wildman–Crippen LogP) is 25.2. The molecule has 0 heterocycles. The molecule has 0 aromatic carbocycles. The molecule has 0 fully saturated rings. The largest absolute Gasteiger partial charge is 0.472 e. The summed E-state index contributed by atoms with van der Waals surface area (Å²) in [5.74, 6) is -2.24. The number of unbranched alkanes of at least 4 members (excludes halogenated alkanes) is 31. The lowest BCUT2D eigenvalue weighted by molar-refractivity contribution is -0.161. The first-order valence-electron chi connectivity index (χ1n) is 42.4. The van der Waals surface area contributed by atoms with E-state index in [2.05, 4.69) is 161 Å². The quantitative estimate of drug-likeness (QED) is 0.0169. The molecule has 5 unspecified atom stereocenters. The zero-order chi connectivity index (χ0) is 78.9. The molecular weight excluding hydrogens is 1400 g/mol. The van der Waals surface area contributed by atoms with Crippen LogP contribution in [0, 0.1) is 0 Å². The van der Waals surface area contributed by atoms with Crippen LogP contribution in [0.25, 0.3) is 0 Å². The Balaban J connectivity index is 5.42. The number of carbonyl (C=O) groups excluding carboxylic acids is 4. The minimum absolute atomic E-state index is 0.0682. The van der Waals surface area contributed by atoms with Crippen molar-refractivity contribution in [3.05, 3.63) is 134 Å². The van der Waals surface area contributed by atoms with E-state index >= 15 is 0 Å². The maximum absolute atomic E-state index is 13.1. The lowest BCUT2D eigenvalue weighted by Gasteiger charge is -2.21. The molecule has 0 aliphatic heterocycles. The van der Waals surface area contributed by atoms with Gasteiger partial charge >= 0.3 is 39.5 Å². The SMILES string of the molecule is CC/C=C\C/C=C\C/C=C\C/C=C\C/C=C\CCCCCC(=O)OCC(COP(=O)(O)OCC(O)COP(=O)(O)OCC(COC(=O)CCCCCCCC/C=C\C/C=C\C/C=C\CCCCC)OC(=O)CCCCCCC/C=C\CCCCCCCC)OC(=O)CCCCCCC/C=C\C/C=C\CCCCC. The number of rotatable bonds is 79. The Morgan fingerprint density at radius 3 is 0.778 bits per heavy atom. The van der Waals surface area contributed by atoms with Gasteiger partial charge in [0.15, 0.2) is 12.2 Å². The molecule has 0 amide bonds. The van der Waals surface area contributed by atoms with Crippen molar-refractivity contribution in [3.8, 4) is 0 Å². The maximum Gasteiger partial charge on any atom is 0.472 e. The Bertz CT molecular complexity index is 2560. The highest BCUT2D eigenvalue weighted by Crippen LogP contribution is 2.45. The number of aliphatic hydroxyl groups is 1. The molecule has 0 aliphatic rings. The molecular formula is C89H152O17P2. The first-order chi connectivity index (χ1) is 52.7. The average molecular weight is 1560 g/mol. The van der Waals surface area contributed by atoms with Crippen LogP contribution in [0.1, 0.15) is 349 Å². The molecule has 0 aromatic rings. The standard InChI is InChI=1S/C89H152O17P2/c1-5-9-13-17-21-25-29-33-37-39-41-43-47-49-53-57-61-65-69-73-86(91)99-79-84(105-88(93)75-71-67-63-59-55-51-45-35-31-27-23-19-15-11-7-3)81-103-107(95,96)101-77-83(90)78-102-108(97,98)104-82-85(106-89(94)76-72-68-64-60-56-52-46-36-32-28-24-20-16-12-8-4)80-100-87(92)74-70-66-62-58-54-50-48-44-42-40-38-34-30-26-22-18-14-10-6-2/h9,13,21-23,25-27,33-38,41-46,49,53,83-85,90H,5-8,10-12,14-20,24,28-32,39-40,47-48,50-52,54-82H2,1-4H3,(H,95,96)(H,97,98)/b13-9-,25-21-,26-22-,27-23-,37-33-,38-34-,43-41-,44-42-,45-35-,46-36-,53-49-. The van der Waals surface area contributed by atoms with Gasteiger partial charge in [-0.15, -0.1) is 0 Å². The van der Waals surface area contributed by atoms with Gasteiger partial charge in [-0.05, 0) is 167 Å². The predicted molar refractivity (Wildman–Crippen MR) is 445 cm³/mol. The smallest absolute Gasteiger partial charge is 0.462 e. The molecule has 3 N–H and O–H groups in total. The van der Waals surface area contributed by atoms with Gasteiger partial charge in [-0.25, -0.2) is 9.13 Å². The van der Waals surface area contributed by atoms with Crippen molar-refractivity contribution in [2.45, 2.75) is 367 Å². The Hall–Kier alpha value is -4.80. The number of carbonyl (C=O) groups is 4. The number of phosphoric ester groups is 2. The van der Waals surface area contributed by atoms with Gasteiger partial charge < -0.3 is 33.8 Å². The van der Waals surface area contributed by atoms with E-state index in [-0.39, 0.29) is 25.7 Å². The van der Waals surface area contributed by atoms with E-state index in [1.807, 2.05) is 0 Å². The summed E-state index contributed by atoms with van der Waals surface area (Å²) < 4.78 is 68.7. The minimum atomic E-state index is -5.00. The van der Waals surface area contributed by atoms with Crippen molar-refractivity contribution in [2.24, 2.45) is 0 Å². The van der Waals surface area contributed by atoms with E-state index in [0.29, 0.717) is 25.7 Å². The topological polar surface area (TPSA) is 237 Å². The number of aliphatic hydroxyl groups excluding tert-OH is 1. The second-order valence-corrected chi connectivity index (χ2v) is 30.9. The fraction of sp³-hybridized carbons (Fsp3) is 0.708. The second-order valence-electron chi connectivity index (χ2n) is 28.0. The highest BCUT2D eigenvalue weighted by Gasteiger charge is 2.30. The summed E-state index contributed by atoms with van der Waals surface area (Å²) in [6, 6.07) is 0. The van der Waals surface area contributed by atoms with Crippen LogP contribution in [-0.2, 0) is 65.4 Å². The van der Waals surface area contributed by atoms with Gasteiger partial charge in [-0.1, -0.05) is 290 Å². The van der Waals surface area contributed by atoms with Gasteiger partial charge in [0.2, 0.25) is 0 Å². The van der Waals surface area contributed by atoms with Crippen molar-refractivity contribution in [3.63, 3.8) is 0 Å². The summed E-state index contributed by atoms with van der Waals surface area (Å²) in [7, 11) is -9.99. The van der Waals surface area contributed by atoms with Crippen LogP contribution in [0.3, 0.4) is 0 Å². The first-order valence-corrected chi connectivity index (χ1v) is 45.4. The number of esters is 4. The van der Waals surface area contributed by atoms with E-state index < -0.39 is 97.5 Å². The van der Waals surface area contributed by atoms with Crippen molar-refractivity contribution in [1.29, 1.82) is 0 Å². The molecule has 0 aromatic heterocycles. The maximum atomic E-state index is 13.1. The highest BCUT2D eigenvalue weighted by molar-refractivity contribution is 7.47. The van der Waals surface area contributed by atoms with E-state index in [1.54, 1.807) is 0 Å². The Morgan fingerprint density at radius 2 is 0.481 bits per heavy atom. The average Bonchev–Trinajstić information content (AvgIpc) is 0.923. The van der Waals surface area contributed by atoms with Gasteiger partial charge in [0.25, 0.3) is 0 Å². The molecule has 0 saturated heterocycles. The monoisotopic (exact) mass is 1560 g/mol. The number of allylic oxidation sites excluding steroid dienone is 22. The fourth-order valence-corrected chi connectivity index (χ4v) is 12.7. The molecule has 620 valence electrons. The van der Waals surface area contributed by atoms with E-state index in [9.17, 15) is 43.2 Å². The van der Waals surface area contributed by atoms with Crippen LogP contribution >= 0.6 is 15.6 Å². The van der Waals surface area contributed by atoms with Crippen LogP contribution in [-0.4, -0.2) is 96.7 Å². The van der Waals surface area contributed by atoms with Crippen molar-refractivity contribution in [2.75, 3.05) is 39.6 Å². The summed E-state index contributed by atoms with van der Waals surface area (Å²) in [5.41, 5.74) is 0. The normalized spacial score (nSPS) is 14.5. The number of hydrogen-bond acceptors (Lipinski definition) is 15. The van der Waals surface area contributed by atoms with Gasteiger partial charge in [0, 0.05) is 25.7 Å². The van der Waals surface area contributed by atoms with Crippen LogP contribution < -0.4 is 0 Å². The molecule has 17 nitrogen and oxygen atoms in total. The summed E-state index contributed by atoms with van der Waals surface area (Å²) in [6.07, 6.45) is 91.2. The number of ether oxygens (including phenoxy) is 4. The molecule has 0 saturated carbocycles. The Morgan fingerprint density at radius 1 is 0.269 bits per heavy atom. The van der Waals surface area contributed by atoms with Crippen molar-refractivity contribution in [1.82, 2.24) is 0 Å². The fourth-order valence-electron chi connectivity index (χ4n) is 11.1. The molecule has 5 atom stereocenters.